The minimum absolute atomic E-state index is 0.00122. The van der Waals surface area contributed by atoms with Gasteiger partial charge in [0.15, 0.2) is 5.78 Å². The second-order valence-corrected chi connectivity index (χ2v) is 26.6. The Bertz CT molecular complexity index is 4220. The van der Waals surface area contributed by atoms with Crippen LogP contribution in [0.1, 0.15) is 130 Å². The van der Waals surface area contributed by atoms with Crippen molar-refractivity contribution in [3.63, 3.8) is 0 Å². The number of phenols is 1. The summed E-state index contributed by atoms with van der Waals surface area (Å²) in [6.07, 6.45) is -4.06. The molecule has 11 rings (SSSR count). The Labute approximate surface area is 535 Å². The number of carboxylic acid groups (broad SMARTS) is 1. The highest BCUT2D eigenvalue weighted by Gasteiger charge is 2.48. The van der Waals surface area contributed by atoms with Gasteiger partial charge in [-0.05, 0) is 48.7 Å². The molecule has 10 N–H and O–H groups in total. The van der Waals surface area contributed by atoms with E-state index in [2.05, 4.69) is 25.9 Å². The van der Waals surface area contributed by atoms with Gasteiger partial charge < -0.3 is 52.4 Å². The van der Waals surface area contributed by atoms with Gasteiger partial charge in [-0.1, -0.05) is 49.4 Å². The zero-order chi connectivity index (χ0) is 63.5. The zero-order valence-corrected chi connectivity index (χ0v) is 52.3. The van der Waals surface area contributed by atoms with Gasteiger partial charge in [-0.15, -0.1) is 68.0 Å². The van der Waals surface area contributed by atoms with Crippen LogP contribution >= 0.6 is 68.0 Å². The summed E-state index contributed by atoms with van der Waals surface area (Å²) in [4.78, 5) is 144. The number of carbonyl (C=O) groups is 8. The van der Waals surface area contributed by atoms with Gasteiger partial charge in [-0.3, -0.25) is 33.6 Å². The molecule has 1 fully saturated rings. The van der Waals surface area contributed by atoms with E-state index in [4.69, 9.17) is 41.1 Å². The number of nitrogens with two attached hydrogens (primary N) is 2. The molecule has 6 amide bonds. The number of aliphatic carboxylic acids is 1. The lowest BCUT2D eigenvalue weighted by Crippen LogP contribution is -2.50. The number of ether oxygens (including phenoxy) is 1. The summed E-state index contributed by atoms with van der Waals surface area (Å²) in [6, 6.07) is 14.7. The summed E-state index contributed by atoms with van der Waals surface area (Å²) in [7, 11) is 0. The molecule has 90 heavy (non-hydrogen) atoms. The molecular weight excluding hydrogens is 1280 g/mol. The Morgan fingerprint density at radius 3 is 2.11 bits per heavy atom. The topological polar surface area (TPSA) is 388 Å². The molecule has 462 valence electrons. The first-order valence-corrected chi connectivity index (χ1v) is 32.9. The number of aliphatic hydroxyl groups excluding tert-OH is 1. The maximum Gasteiger partial charge on any atom is 0.407 e. The molecule has 0 spiro atoms. The van der Waals surface area contributed by atoms with Crippen LogP contribution < -0.4 is 27.4 Å². The number of hydrogen-bond donors (Lipinski definition) is 8. The van der Waals surface area contributed by atoms with Crippen LogP contribution in [0.2, 0.25) is 0 Å². The van der Waals surface area contributed by atoms with E-state index < -0.39 is 96.0 Å². The third-order valence-electron chi connectivity index (χ3n) is 14.8. The predicted molar refractivity (Wildman–Crippen MR) is 335 cm³/mol. The van der Waals surface area contributed by atoms with E-state index in [1.54, 1.807) is 79.2 Å². The molecule has 0 radical (unpaired) electrons. The van der Waals surface area contributed by atoms with Crippen molar-refractivity contribution >= 4 is 115 Å². The predicted octanol–water partition coefficient (Wildman–Crippen LogP) is 7.87. The molecule has 2 aromatic carbocycles. The Morgan fingerprint density at radius 1 is 0.722 bits per heavy atom. The number of primary amides is 2. The van der Waals surface area contributed by atoms with Gasteiger partial charge in [-0.25, -0.2) is 39.7 Å². The number of phenolic OH excluding ortho intramolecular Hbond substituents is 1. The molecule has 9 aromatic rings. The van der Waals surface area contributed by atoms with Gasteiger partial charge in [0, 0.05) is 75.0 Å². The lowest BCUT2D eigenvalue weighted by molar-refractivity contribution is -0.137. The standard InChI is InChI=1S/C59H53N13O12S6/c1-26-42(84-59(83)62-16-6-9-44(76)77)20-72-47(26)57-70-40(25-89-57)55-66-36(21-87-55)46-31(14-15-33(63-46)54-67-37(22-88-54)49(61)79)52-68-38(23-85-52)50(80)64-34(19-43(60)75)56-71-45(27(2)90-56)41(74)18-32(48(78)29-7-4-3-5-8-29)53-69-39(24-86-53)51(81)65-35(58(72)82)17-28-10-12-30(73)13-11-28/h3-5,7-8,10-15,21-26,32,34-35,42,47-48,73,78H,6,9,16-20H2,1-2H3,(H2,60,75)(H2,61,79)(H,62,83)(H,64,80)(H,65,81)(H,76,77)/t26-,32-,34-,35-,42-,47-,48+/m0/s1. The van der Waals surface area contributed by atoms with Crippen LogP contribution in [0.25, 0.3) is 43.4 Å². The number of benzene rings is 2. The minimum Gasteiger partial charge on any atom is -0.508 e. The molecule has 2 aliphatic heterocycles. The van der Waals surface area contributed by atoms with Gasteiger partial charge in [0.1, 0.15) is 82.8 Å². The molecule has 0 saturated carbocycles. The van der Waals surface area contributed by atoms with Crippen molar-refractivity contribution in [2.75, 3.05) is 13.1 Å². The largest absolute Gasteiger partial charge is 0.508 e. The maximum absolute atomic E-state index is 15.6. The van der Waals surface area contributed by atoms with Crippen molar-refractivity contribution in [3.05, 3.63) is 147 Å². The lowest BCUT2D eigenvalue weighted by Gasteiger charge is -2.29. The maximum atomic E-state index is 15.6. The molecule has 7 atom stereocenters. The van der Waals surface area contributed by atoms with E-state index in [-0.39, 0.29) is 77.3 Å². The number of hydrogen-bond acceptors (Lipinski definition) is 24. The highest BCUT2D eigenvalue weighted by atomic mass is 32.1. The number of amides is 6. The van der Waals surface area contributed by atoms with Crippen molar-refractivity contribution in [1.29, 1.82) is 0 Å². The monoisotopic (exact) mass is 1330 g/mol. The number of Topliss-reactive ketones (excluding diaryl/α,β-unsaturated/α-hetero) is 1. The van der Waals surface area contributed by atoms with Crippen LogP contribution in [0, 0.1) is 12.8 Å². The Kier molecular flexibility index (Phi) is 18.7. The molecule has 7 aromatic heterocycles. The van der Waals surface area contributed by atoms with Crippen molar-refractivity contribution in [1.82, 2.24) is 55.7 Å². The first-order valence-electron chi connectivity index (χ1n) is 27.7. The number of pyridine rings is 1. The number of nitrogens with zero attached hydrogens (tertiary/aromatic N) is 8. The number of alkyl carbamates (subject to hydrolysis) is 1. The number of nitrogens with one attached hydrogen (secondary N) is 3. The summed E-state index contributed by atoms with van der Waals surface area (Å²) in [6.45, 7) is 3.28. The first-order chi connectivity index (χ1) is 43.2. The van der Waals surface area contributed by atoms with Crippen LogP contribution in [0.4, 0.5) is 4.79 Å². The van der Waals surface area contributed by atoms with E-state index in [0.29, 0.717) is 64.4 Å². The summed E-state index contributed by atoms with van der Waals surface area (Å²) >= 11 is 6.80. The number of aromatic hydroxyl groups is 1. The van der Waals surface area contributed by atoms with E-state index in [9.17, 15) is 48.9 Å². The number of ketones is 1. The molecule has 9 heterocycles. The van der Waals surface area contributed by atoms with E-state index in [1.165, 1.54) is 55.8 Å². The third-order valence-corrected chi connectivity index (χ3v) is 20.4. The van der Waals surface area contributed by atoms with Crippen molar-refractivity contribution in [2.45, 2.75) is 82.2 Å². The SMILES string of the molecule is Cc1sc2nc1C(=O)C[C@@H]([C@H](O)c1ccccc1)c1nc(cs1)C(=O)N[C@@H](Cc1ccc(O)cc1)C(=O)N1C[C@H](OC(=O)NCCCC(=O)O)[C@H](C)[C@H]1c1nc(cs1)-c1nc(cs1)-c1nc(-c3nc(C(N)=O)cs3)ccc1-c1nc(cs1)C(=O)N[C@H]2CC(N)=O. The number of fused-ring (bicyclic) bond motifs is 16. The number of aryl methyl sites for hydroxylation is 1. The fourth-order valence-corrected chi connectivity index (χ4v) is 15.7. The van der Waals surface area contributed by atoms with E-state index >= 15 is 4.79 Å². The van der Waals surface area contributed by atoms with Crippen LogP contribution in [-0.4, -0.2) is 128 Å². The number of thiazole rings is 6. The number of carbonyl (C=O) groups excluding carboxylic acids is 7. The molecule has 0 aliphatic carbocycles. The smallest absolute Gasteiger partial charge is 0.407 e. The van der Waals surface area contributed by atoms with Crippen LogP contribution in [0.3, 0.4) is 0 Å². The zero-order valence-electron chi connectivity index (χ0n) is 47.4. The number of aromatic nitrogens is 7. The summed E-state index contributed by atoms with van der Waals surface area (Å²) in [5.74, 6) is -6.88. The van der Waals surface area contributed by atoms with E-state index in [1.807, 2.05) is 0 Å². The fourth-order valence-electron chi connectivity index (χ4n) is 10.3. The average molecular weight is 1330 g/mol. The van der Waals surface area contributed by atoms with Gasteiger partial charge in [0.2, 0.25) is 11.8 Å². The fraction of sp³-hybridized carbons (Fsp3) is 0.271. The molecule has 25 nitrogen and oxygen atoms in total. The average Bonchev–Trinajstić information content (AvgIpc) is 1.73. The van der Waals surface area contributed by atoms with Crippen LogP contribution in [0.15, 0.2) is 93.6 Å². The third kappa shape index (κ3) is 13.9. The molecule has 1 saturated heterocycles. The highest BCUT2D eigenvalue weighted by Crippen LogP contribution is 2.44. The van der Waals surface area contributed by atoms with E-state index in [0.717, 1.165) is 45.3 Å². The quantitative estimate of drug-likeness (QED) is 0.0509. The Balaban J connectivity index is 1.02. The van der Waals surface area contributed by atoms with Gasteiger partial charge in [-0.2, -0.15) is 0 Å². The highest BCUT2D eigenvalue weighted by molar-refractivity contribution is 7.15. The Morgan fingerprint density at radius 2 is 1.38 bits per heavy atom. The van der Waals surface area contributed by atoms with Crippen molar-refractivity contribution in [3.8, 4) is 49.1 Å². The summed E-state index contributed by atoms with van der Waals surface area (Å²) in [5, 5.41) is 49.8. The number of rotatable bonds is 13. The molecule has 31 heteroatoms. The Hall–Kier alpha value is -9.11. The number of carboxylic acids is 1. The van der Waals surface area contributed by atoms with Gasteiger partial charge in [0.05, 0.1) is 41.9 Å². The molecule has 2 aliphatic rings. The molecule has 10 bridgehead atoms. The molecular formula is C59H53N13O12S6. The molecule has 0 unspecified atom stereocenters. The van der Waals surface area contributed by atoms with Crippen molar-refractivity contribution < 1.29 is 58.4 Å². The van der Waals surface area contributed by atoms with Crippen molar-refractivity contribution in [2.24, 2.45) is 17.4 Å². The van der Waals surface area contributed by atoms with Gasteiger partial charge >= 0.3 is 12.1 Å². The number of aliphatic hydroxyl groups is 1. The normalized spacial score (nSPS) is 19.1. The first kappa shape index (κ1) is 62.5. The summed E-state index contributed by atoms with van der Waals surface area (Å²) in [5.41, 5.74) is 14.1. The minimum atomic E-state index is -1.34. The lowest BCUT2D eigenvalue weighted by atomic mass is 9.90. The second-order valence-electron chi connectivity index (χ2n) is 21.0. The van der Waals surface area contributed by atoms with Gasteiger partial charge in [0.25, 0.3) is 17.7 Å². The van der Waals surface area contributed by atoms with Crippen LogP contribution in [0.5, 0.6) is 5.75 Å². The summed E-state index contributed by atoms with van der Waals surface area (Å²) < 4.78 is 5.97. The van der Waals surface area contributed by atoms with Crippen LogP contribution in [-0.2, 0) is 25.5 Å². The second kappa shape index (κ2) is 26.9.